The van der Waals surface area contributed by atoms with Gasteiger partial charge in [-0.25, -0.2) is 4.39 Å². The van der Waals surface area contributed by atoms with Gasteiger partial charge in [-0.2, -0.15) is 0 Å². The zero-order valence-electron chi connectivity index (χ0n) is 12.8. The van der Waals surface area contributed by atoms with Crippen molar-refractivity contribution in [3.05, 3.63) is 29.6 Å². The lowest BCUT2D eigenvalue weighted by Crippen LogP contribution is -2.22. The van der Waals surface area contributed by atoms with E-state index < -0.39 is 0 Å². The highest BCUT2D eigenvalue weighted by atomic mass is 19.1. The summed E-state index contributed by atoms with van der Waals surface area (Å²) in [5, 5.41) is 0. The van der Waals surface area contributed by atoms with Gasteiger partial charge in [-0.3, -0.25) is 0 Å². The zero-order valence-corrected chi connectivity index (χ0v) is 12.8. The first-order valence-corrected chi connectivity index (χ1v) is 7.97. The highest BCUT2D eigenvalue weighted by molar-refractivity contribution is 5.34. The standard InChI is InChI=1S/C17H26FNO2/c1-2-15(19)12-13-11-14(18)7-8-17(13)21-10-4-6-16-5-3-9-20-16/h7-8,11,15-16H,2-6,9-10,12,19H2,1H3. The Balaban J connectivity index is 1.83. The molecule has 2 atom stereocenters. The average Bonchev–Trinajstić information content (AvgIpc) is 2.98. The molecule has 2 N–H and O–H groups in total. The van der Waals surface area contributed by atoms with Crippen LogP contribution in [-0.2, 0) is 11.2 Å². The number of ether oxygens (including phenoxy) is 2. The van der Waals surface area contributed by atoms with E-state index in [1.165, 1.54) is 18.6 Å². The maximum Gasteiger partial charge on any atom is 0.123 e. The minimum atomic E-state index is -0.236. The van der Waals surface area contributed by atoms with Crippen LogP contribution in [0.15, 0.2) is 18.2 Å². The average molecular weight is 295 g/mol. The zero-order chi connectivity index (χ0) is 15.1. The molecule has 4 heteroatoms. The van der Waals surface area contributed by atoms with Crippen LogP contribution in [0.2, 0.25) is 0 Å². The third-order valence-electron chi connectivity index (χ3n) is 3.98. The van der Waals surface area contributed by atoms with Gasteiger partial charge in [0.1, 0.15) is 11.6 Å². The van der Waals surface area contributed by atoms with Crippen molar-refractivity contribution in [3.8, 4) is 5.75 Å². The van der Waals surface area contributed by atoms with E-state index in [1.54, 1.807) is 6.07 Å². The minimum absolute atomic E-state index is 0.0426. The fraction of sp³-hybridized carbons (Fsp3) is 0.647. The molecule has 1 heterocycles. The summed E-state index contributed by atoms with van der Waals surface area (Å²) in [7, 11) is 0. The lowest BCUT2D eigenvalue weighted by Gasteiger charge is -2.15. The molecule has 21 heavy (non-hydrogen) atoms. The molecule has 0 amide bonds. The minimum Gasteiger partial charge on any atom is -0.493 e. The molecule has 118 valence electrons. The van der Waals surface area contributed by atoms with Gasteiger partial charge in [-0.05, 0) is 62.3 Å². The molecule has 3 nitrogen and oxygen atoms in total. The van der Waals surface area contributed by atoms with Gasteiger partial charge < -0.3 is 15.2 Å². The molecule has 0 aromatic heterocycles. The summed E-state index contributed by atoms with van der Waals surface area (Å²) < 4.78 is 24.8. The molecule has 1 saturated heterocycles. The van der Waals surface area contributed by atoms with Crippen LogP contribution in [0.4, 0.5) is 4.39 Å². The maximum atomic E-state index is 13.4. The van der Waals surface area contributed by atoms with Crippen molar-refractivity contribution < 1.29 is 13.9 Å². The molecular weight excluding hydrogens is 269 g/mol. The summed E-state index contributed by atoms with van der Waals surface area (Å²) in [5.41, 5.74) is 6.83. The third kappa shape index (κ3) is 5.29. The van der Waals surface area contributed by atoms with Crippen molar-refractivity contribution >= 4 is 0 Å². The smallest absolute Gasteiger partial charge is 0.123 e. The van der Waals surface area contributed by atoms with E-state index in [9.17, 15) is 4.39 Å². The van der Waals surface area contributed by atoms with E-state index in [0.717, 1.165) is 43.6 Å². The molecule has 0 radical (unpaired) electrons. The number of hydrogen-bond acceptors (Lipinski definition) is 3. The number of rotatable bonds is 8. The van der Waals surface area contributed by atoms with E-state index in [2.05, 4.69) is 0 Å². The second-order valence-electron chi connectivity index (χ2n) is 5.75. The van der Waals surface area contributed by atoms with Gasteiger partial charge in [0.15, 0.2) is 0 Å². The van der Waals surface area contributed by atoms with Gasteiger partial charge in [0.25, 0.3) is 0 Å². The summed E-state index contributed by atoms with van der Waals surface area (Å²) >= 11 is 0. The van der Waals surface area contributed by atoms with Crippen molar-refractivity contribution in [1.82, 2.24) is 0 Å². The number of halogens is 1. The van der Waals surface area contributed by atoms with E-state index >= 15 is 0 Å². The van der Waals surface area contributed by atoms with Gasteiger partial charge in [-0.1, -0.05) is 6.92 Å². The summed E-state index contributed by atoms with van der Waals surface area (Å²) in [6.45, 7) is 3.56. The van der Waals surface area contributed by atoms with Crippen molar-refractivity contribution in [2.24, 2.45) is 5.73 Å². The van der Waals surface area contributed by atoms with Crippen LogP contribution in [0.1, 0.15) is 44.6 Å². The largest absolute Gasteiger partial charge is 0.493 e. The second kappa shape index (κ2) is 8.35. The molecule has 1 aliphatic heterocycles. The number of benzene rings is 1. The van der Waals surface area contributed by atoms with Gasteiger partial charge in [0, 0.05) is 12.6 Å². The lowest BCUT2D eigenvalue weighted by atomic mass is 10.0. The van der Waals surface area contributed by atoms with Gasteiger partial charge in [0.2, 0.25) is 0 Å². The van der Waals surface area contributed by atoms with E-state index in [1.807, 2.05) is 6.92 Å². The van der Waals surface area contributed by atoms with Crippen molar-refractivity contribution in [2.75, 3.05) is 13.2 Å². The van der Waals surface area contributed by atoms with Crippen LogP contribution in [0.25, 0.3) is 0 Å². The Morgan fingerprint density at radius 1 is 1.48 bits per heavy atom. The summed E-state index contributed by atoms with van der Waals surface area (Å²) in [5.74, 6) is 0.521. The number of hydrogen-bond donors (Lipinski definition) is 1. The van der Waals surface area contributed by atoms with E-state index in [-0.39, 0.29) is 11.9 Å². The van der Waals surface area contributed by atoms with Crippen LogP contribution < -0.4 is 10.5 Å². The maximum absolute atomic E-state index is 13.4. The van der Waals surface area contributed by atoms with Gasteiger partial charge in [-0.15, -0.1) is 0 Å². The normalized spacial score (nSPS) is 19.7. The van der Waals surface area contributed by atoms with Crippen LogP contribution in [0.3, 0.4) is 0 Å². The Morgan fingerprint density at radius 2 is 2.33 bits per heavy atom. The molecule has 0 saturated carbocycles. The van der Waals surface area contributed by atoms with E-state index in [4.69, 9.17) is 15.2 Å². The molecule has 1 aromatic carbocycles. The van der Waals surface area contributed by atoms with Crippen molar-refractivity contribution in [2.45, 2.75) is 57.6 Å². The number of nitrogens with two attached hydrogens (primary N) is 1. The summed E-state index contributed by atoms with van der Waals surface area (Å²) in [6.07, 6.45) is 6.24. The SMILES string of the molecule is CCC(N)Cc1cc(F)ccc1OCCCC1CCCO1. The Bertz CT molecular complexity index is 433. The predicted molar refractivity (Wildman–Crippen MR) is 82.1 cm³/mol. The third-order valence-corrected chi connectivity index (χ3v) is 3.98. The van der Waals surface area contributed by atoms with Gasteiger partial charge >= 0.3 is 0 Å². The Kier molecular flexibility index (Phi) is 6.46. The summed E-state index contributed by atoms with van der Waals surface area (Å²) in [6, 6.07) is 4.72. The lowest BCUT2D eigenvalue weighted by molar-refractivity contribution is 0.0981. The first-order chi connectivity index (χ1) is 10.2. The van der Waals surface area contributed by atoms with Crippen molar-refractivity contribution in [1.29, 1.82) is 0 Å². The molecular formula is C17H26FNO2. The summed E-state index contributed by atoms with van der Waals surface area (Å²) in [4.78, 5) is 0. The van der Waals surface area contributed by atoms with Crippen LogP contribution in [0, 0.1) is 5.82 Å². The highest BCUT2D eigenvalue weighted by Gasteiger charge is 2.15. The second-order valence-corrected chi connectivity index (χ2v) is 5.75. The van der Waals surface area contributed by atoms with Gasteiger partial charge in [0.05, 0.1) is 12.7 Å². The molecule has 1 aliphatic rings. The molecule has 0 spiro atoms. The Morgan fingerprint density at radius 3 is 3.05 bits per heavy atom. The van der Waals surface area contributed by atoms with Crippen LogP contribution >= 0.6 is 0 Å². The fourth-order valence-electron chi connectivity index (χ4n) is 2.64. The first kappa shape index (κ1) is 16.2. The topological polar surface area (TPSA) is 44.5 Å². The Labute approximate surface area is 126 Å². The molecule has 1 fully saturated rings. The monoisotopic (exact) mass is 295 g/mol. The fourth-order valence-corrected chi connectivity index (χ4v) is 2.64. The molecule has 0 aliphatic carbocycles. The molecule has 2 rings (SSSR count). The molecule has 1 aromatic rings. The quantitative estimate of drug-likeness (QED) is 0.747. The highest BCUT2D eigenvalue weighted by Crippen LogP contribution is 2.23. The Hall–Kier alpha value is -1.13. The molecule has 2 unspecified atom stereocenters. The van der Waals surface area contributed by atoms with Crippen LogP contribution in [-0.4, -0.2) is 25.4 Å². The first-order valence-electron chi connectivity index (χ1n) is 7.97. The molecule has 0 bridgehead atoms. The van der Waals surface area contributed by atoms with Crippen molar-refractivity contribution in [3.63, 3.8) is 0 Å². The van der Waals surface area contributed by atoms with Crippen LogP contribution in [0.5, 0.6) is 5.75 Å². The predicted octanol–water partition coefficient (Wildman–Crippen LogP) is 3.44. The van der Waals surface area contributed by atoms with E-state index in [0.29, 0.717) is 19.1 Å².